The Kier molecular flexibility index (Phi) is 0.648. The average Bonchev–Trinajstić information content (AvgIpc) is 1.89. The van der Waals surface area contributed by atoms with E-state index in [0.29, 0.717) is 0 Å². The minimum atomic E-state index is 0.0139. The zero-order valence-electron chi connectivity index (χ0n) is 4.97. The van der Waals surface area contributed by atoms with E-state index in [0.717, 1.165) is 0 Å². The second kappa shape index (κ2) is 1.14. The van der Waals surface area contributed by atoms with Crippen molar-refractivity contribution in [1.82, 2.24) is 0 Å². The van der Waals surface area contributed by atoms with E-state index in [-0.39, 0.29) is 12.6 Å². The van der Waals surface area contributed by atoms with Crippen LogP contribution < -0.4 is 0 Å². The first kappa shape index (κ1) is 4.53. The Balaban J connectivity index is 2.36. The van der Waals surface area contributed by atoms with Crippen molar-refractivity contribution in [1.29, 1.82) is 0 Å². The molecular weight excluding hydrogens is 104 g/mol. The van der Waals surface area contributed by atoms with Gasteiger partial charge in [-0.25, -0.2) is 0 Å². The Bertz CT molecular complexity index is 138. The monoisotopic (exact) mass is 112 g/mol. The number of ether oxygens (including phenoxy) is 2. The van der Waals surface area contributed by atoms with Crippen LogP contribution in [0.5, 0.6) is 0 Å². The van der Waals surface area contributed by atoms with Crippen LogP contribution >= 0.6 is 0 Å². The molecule has 0 aromatic carbocycles. The van der Waals surface area contributed by atoms with Gasteiger partial charge in [-0.1, -0.05) is 0 Å². The van der Waals surface area contributed by atoms with Crippen LogP contribution in [0.1, 0.15) is 13.8 Å². The standard InChI is InChI=1S/C6H8O2/c1-3-4(2)6-7-5(3)8-6/h5-6H,1-2H3. The summed E-state index contributed by atoms with van der Waals surface area (Å²) in [7, 11) is 0. The predicted molar refractivity (Wildman–Crippen MR) is 28.1 cm³/mol. The van der Waals surface area contributed by atoms with Gasteiger partial charge in [0.15, 0.2) is 12.6 Å². The number of hydrogen-bond acceptors (Lipinski definition) is 2. The number of rotatable bonds is 0. The molecule has 2 heteroatoms. The molecule has 3 aliphatic heterocycles. The summed E-state index contributed by atoms with van der Waals surface area (Å²) in [6, 6.07) is 0. The molecule has 0 aromatic rings. The van der Waals surface area contributed by atoms with Gasteiger partial charge in [0.1, 0.15) is 0 Å². The van der Waals surface area contributed by atoms with Gasteiger partial charge in [0.2, 0.25) is 0 Å². The van der Waals surface area contributed by atoms with Crippen LogP contribution in [0.15, 0.2) is 11.1 Å². The van der Waals surface area contributed by atoms with Crippen LogP contribution in [-0.4, -0.2) is 12.6 Å². The third kappa shape index (κ3) is 0.318. The highest BCUT2D eigenvalue weighted by atomic mass is 16.9. The fraction of sp³-hybridized carbons (Fsp3) is 0.667. The fourth-order valence-corrected chi connectivity index (χ4v) is 1.01. The summed E-state index contributed by atoms with van der Waals surface area (Å²) in [5.74, 6) is 0. The molecule has 8 heavy (non-hydrogen) atoms. The SMILES string of the molecule is CC1=C(C)C2OC1O2. The van der Waals surface area contributed by atoms with E-state index in [1.807, 2.05) is 13.8 Å². The molecule has 0 amide bonds. The van der Waals surface area contributed by atoms with Crippen molar-refractivity contribution >= 4 is 0 Å². The van der Waals surface area contributed by atoms with Gasteiger partial charge >= 0.3 is 0 Å². The molecule has 1 fully saturated rings. The molecule has 2 bridgehead atoms. The van der Waals surface area contributed by atoms with Gasteiger partial charge in [-0.15, -0.1) is 0 Å². The quantitative estimate of drug-likeness (QED) is 0.436. The van der Waals surface area contributed by atoms with E-state index >= 15 is 0 Å². The Morgan fingerprint density at radius 2 is 1.38 bits per heavy atom. The van der Waals surface area contributed by atoms with Crippen LogP contribution in [0.2, 0.25) is 0 Å². The molecule has 2 nitrogen and oxygen atoms in total. The summed E-state index contributed by atoms with van der Waals surface area (Å²) in [5, 5.41) is 0. The lowest BCUT2D eigenvalue weighted by Crippen LogP contribution is -2.33. The predicted octanol–water partition coefficient (Wildman–Crippen LogP) is 1.04. The van der Waals surface area contributed by atoms with Gasteiger partial charge in [-0.3, -0.25) is 0 Å². The maximum Gasteiger partial charge on any atom is 0.186 e. The Labute approximate surface area is 48.1 Å². The van der Waals surface area contributed by atoms with E-state index in [1.165, 1.54) is 11.1 Å². The third-order valence-electron chi connectivity index (χ3n) is 1.82. The molecule has 0 radical (unpaired) electrons. The second-order valence-electron chi connectivity index (χ2n) is 2.30. The average molecular weight is 112 g/mol. The van der Waals surface area contributed by atoms with Gasteiger partial charge in [0.05, 0.1) is 0 Å². The van der Waals surface area contributed by atoms with Crippen LogP contribution in [0.4, 0.5) is 0 Å². The molecule has 3 aliphatic rings. The van der Waals surface area contributed by atoms with E-state index in [4.69, 9.17) is 9.47 Å². The molecule has 1 saturated heterocycles. The van der Waals surface area contributed by atoms with Crippen molar-refractivity contribution in [3.63, 3.8) is 0 Å². The summed E-state index contributed by atoms with van der Waals surface area (Å²) >= 11 is 0. The van der Waals surface area contributed by atoms with Crippen molar-refractivity contribution in [3.05, 3.63) is 11.1 Å². The van der Waals surface area contributed by atoms with Crippen LogP contribution in [-0.2, 0) is 9.47 Å². The molecule has 3 heterocycles. The Morgan fingerprint density at radius 3 is 1.50 bits per heavy atom. The normalized spacial score (nSPS) is 42.8. The summed E-state index contributed by atoms with van der Waals surface area (Å²) in [6.45, 7) is 4.10. The minimum Gasteiger partial charge on any atom is -0.316 e. The van der Waals surface area contributed by atoms with Gasteiger partial charge in [-0.05, 0) is 25.0 Å². The van der Waals surface area contributed by atoms with E-state index in [9.17, 15) is 0 Å². The van der Waals surface area contributed by atoms with Crippen molar-refractivity contribution in [2.45, 2.75) is 26.4 Å². The maximum atomic E-state index is 5.18. The van der Waals surface area contributed by atoms with Crippen LogP contribution in [0.3, 0.4) is 0 Å². The zero-order chi connectivity index (χ0) is 5.72. The number of hydrogen-bond donors (Lipinski definition) is 0. The molecule has 0 aromatic heterocycles. The fourth-order valence-electron chi connectivity index (χ4n) is 1.01. The lowest BCUT2D eigenvalue weighted by Gasteiger charge is -2.26. The first-order valence-corrected chi connectivity index (χ1v) is 2.77. The first-order valence-electron chi connectivity index (χ1n) is 2.77. The molecule has 44 valence electrons. The molecule has 0 atom stereocenters. The molecular formula is C6H8O2. The van der Waals surface area contributed by atoms with Gasteiger partial charge < -0.3 is 9.47 Å². The molecule has 0 N–H and O–H groups in total. The van der Waals surface area contributed by atoms with Crippen molar-refractivity contribution < 1.29 is 9.47 Å². The van der Waals surface area contributed by atoms with E-state index in [1.54, 1.807) is 0 Å². The zero-order valence-corrected chi connectivity index (χ0v) is 4.97. The molecule has 0 spiro atoms. The topological polar surface area (TPSA) is 18.5 Å². The summed E-state index contributed by atoms with van der Waals surface area (Å²) in [6.07, 6.45) is 0.0278. The van der Waals surface area contributed by atoms with Crippen LogP contribution in [0.25, 0.3) is 0 Å². The van der Waals surface area contributed by atoms with Crippen LogP contribution in [0, 0.1) is 0 Å². The van der Waals surface area contributed by atoms with Gasteiger partial charge in [0.25, 0.3) is 0 Å². The summed E-state index contributed by atoms with van der Waals surface area (Å²) < 4.78 is 10.4. The lowest BCUT2D eigenvalue weighted by molar-refractivity contribution is -0.330. The third-order valence-corrected chi connectivity index (χ3v) is 1.82. The lowest BCUT2D eigenvalue weighted by atomic mass is 10.2. The summed E-state index contributed by atoms with van der Waals surface area (Å²) in [5.41, 5.74) is 2.52. The smallest absolute Gasteiger partial charge is 0.186 e. The van der Waals surface area contributed by atoms with Gasteiger partial charge in [0, 0.05) is 0 Å². The molecule has 0 aliphatic carbocycles. The Morgan fingerprint density at radius 1 is 1.00 bits per heavy atom. The van der Waals surface area contributed by atoms with Gasteiger partial charge in [-0.2, -0.15) is 0 Å². The minimum absolute atomic E-state index is 0.0139. The van der Waals surface area contributed by atoms with Crippen molar-refractivity contribution in [2.24, 2.45) is 0 Å². The van der Waals surface area contributed by atoms with E-state index < -0.39 is 0 Å². The van der Waals surface area contributed by atoms with Crippen molar-refractivity contribution in [3.8, 4) is 0 Å². The maximum absolute atomic E-state index is 5.18. The summed E-state index contributed by atoms with van der Waals surface area (Å²) in [4.78, 5) is 0. The van der Waals surface area contributed by atoms with E-state index in [2.05, 4.69) is 0 Å². The first-order chi connectivity index (χ1) is 3.79. The second-order valence-corrected chi connectivity index (χ2v) is 2.30. The largest absolute Gasteiger partial charge is 0.316 e. The molecule has 3 rings (SSSR count). The highest BCUT2D eigenvalue weighted by molar-refractivity contribution is 5.24. The Hall–Kier alpha value is -0.340. The highest BCUT2D eigenvalue weighted by Crippen LogP contribution is 2.38. The van der Waals surface area contributed by atoms with Crippen molar-refractivity contribution in [2.75, 3.05) is 0 Å². The molecule has 0 unspecified atom stereocenters. The molecule has 0 saturated carbocycles. The highest BCUT2D eigenvalue weighted by Gasteiger charge is 2.42.